The Balaban J connectivity index is 1.89. The Labute approximate surface area is 190 Å². The van der Waals surface area contributed by atoms with Gasteiger partial charge in [-0.05, 0) is 31.5 Å². The highest BCUT2D eigenvalue weighted by Crippen LogP contribution is 2.41. The Morgan fingerprint density at radius 2 is 1.68 bits per heavy atom. The number of aromatic nitrogens is 4. The maximum atomic E-state index is 13.5. The molecule has 0 saturated heterocycles. The molecule has 31 heavy (non-hydrogen) atoms. The molecule has 2 aromatic carbocycles. The lowest BCUT2D eigenvalue weighted by Gasteiger charge is -2.11. The summed E-state index contributed by atoms with van der Waals surface area (Å²) in [4.78, 5) is 0. The number of aryl methyl sites for hydroxylation is 2. The predicted molar refractivity (Wildman–Crippen MR) is 114 cm³/mol. The van der Waals surface area contributed by atoms with E-state index in [0.717, 1.165) is 10.2 Å². The fourth-order valence-corrected chi connectivity index (χ4v) is 3.71. The number of hydrogen-bond donors (Lipinski definition) is 0. The third kappa shape index (κ3) is 4.05. The Bertz CT molecular complexity index is 1260. The van der Waals surface area contributed by atoms with Crippen LogP contribution in [0.2, 0.25) is 15.2 Å². The van der Waals surface area contributed by atoms with Crippen LogP contribution in [-0.4, -0.2) is 19.6 Å². The first-order chi connectivity index (χ1) is 14.6. The Morgan fingerprint density at radius 3 is 2.23 bits per heavy atom. The van der Waals surface area contributed by atoms with Crippen LogP contribution in [0.15, 0.2) is 42.6 Å². The van der Waals surface area contributed by atoms with Gasteiger partial charge in [0.2, 0.25) is 0 Å². The van der Waals surface area contributed by atoms with Crippen LogP contribution in [0, 0.1) is 19.9 Å². The standard InChI is InChI=1S/C21H13Cl3F3N4/c1-11-3-5-13(6-4-11)18-17(23)19(21(25,26)27)28-31(18)14-7-8-16(12(2)9-14)30-10-15(22)20(24)29-30/h3-6,8-10H,1-2H3. The van der Waals surface area contributed by atoms with E-state index in [1.807, 2.05) is 6.92 Å². The minimum Gasteiger partial charge on any atom is -0.238 e. The van der Waals surface area contributed by atoms with E-state index in [-0.39, 0.29) is 15.9 Å². The van der Waals surface area contributed by atoms with Crippen molar-refractivity contribution in [2.45, 2.75) is 20.0 Å². The van der Waals surface area contributed by atoms with Crippen LogP contribution in [0.1, 0.15) is 16.8 Å². The van der Waals surface area contributed by atoms with Crippen molar-refractivity contribution in [1.82, 2.24) is 19.6 Å². The highest BCUT2D eigenvalue weighted by molar-refractivity contribution is 6.41. The molecule has 0 amide bonds. The first-order valence-electron chi connectivity index (χ1n) is 8.92. The molecule has 2 heterocycles. The number of benzene rings is 2. The first-order valence-corrected chi connectivity index (χ1v) is 10.1. The fourth-order valence-electron chi connectivity index (χ4n) is 3.12. The summed E-state index contributed by atoms with van der Waals surface area (Å²) in [5, 5.41) is 7.82. The molecule has 0 aliphatic heterocycles. The van der Waals surface area contributed by atoms with E-state index in [9.17, 15) is 13.2 Å². The second kappa shape index (κ2) is 7.89. The number of rotatable bonds is 3. The van der Waals surface area contributed by atoms with E-state index in [4.69, 9.17) is 34.8 Å². The normalized spacial score (nSPS) is 11.9. The van der Waals surface area contributed by atoms with E-state index < -0.39 is 16.9 Å². The summed E-state index contributed by atoms with van der Waals surface area (Å²) in [5.74, 6) is 0. The molecule has 0 aliphatic rings. The summed E-state index contributed by atoms with van der Waals surface area (Å²) in [6.45, 7) is 3.66. The third-order valence-electron chi connectivity index (χ3n) is 4.64. The smallest absolute Gasteiger partial charge is 0.238 e. The third-order valence-corrected chi connectivity index (χ3v) is 5.65. The summed E-state index contributed by atoms with van der Waals surface area (Å²) in [5.41, 5.74) is 2.03. The molecular weight excluding hydrogens is 472 g/mol. The zero-order valence-corrected chi connectivity index (χ0v) is 18.4. The molecule has 0 aliphatic carbocycles. The van der Waals surface area contributed by atoms with Crippen molar-refractivity contribution in [2.75, 3.05) is 0 Å². The minimum atomic E-state index is -4.71. The zero-order chi connectivity index (χ0) is 22.5. The van der Waals surface area contributed by atoms with Crippen molar-refractivity contribution in [3.63, 3.8) is 0 Å². The van der Waals surface area contributed by atoms with Gasteiger partial charge in [0.05, 0.1) is 33.3 Å². The molecular formula is C21H13Cl3F3N4. The van der Waals surface area contributed by atoms with Gasteiger partial charge in [-0.1, -0.05) is 64.6 Å². The van der Waals surface area contributed by atoms with Crippen LogP contribution in [-0.2, 0) is 6.18 Å². The molecule has 4 rings (SSSR count). The second-order valence-corrected chi connectivity index (χ2v) is 8.03. The average molecular weight is 485 g/mol. The van der Waals surface area contributed by atoms with Crippen LogP contribution in [0.25, 0.3) is 22.6 Å². The maximum Gasteiger partial charge on any atom is 0.436 e. The van der Waals surface area contributed by atoms with Crippen LogP contribution in [0.3, 0.4) is 0 Å². The van der Waals surface area contributed by atoms with Gasteiger partial charge in [0.15, 0.2) is 10.8 Å². The van der Waals surface area contributed by atoms with Gasteiger partial charge in [-0.25, -0.2) is 9.36 Å². The fraction of sp³-hybridized carbons (Fsp3) is 0.143. The van der Waals surface area contributed by atoms with Gasteiger partial charge in [-0.2, -0.15) is 23.4 Å². The highest BCUT2D eigenvalue weighted by Gasteiger charge is 2.39. The lowest BCUT2D eigenvalue weighted by molar-refractivity contribution is -0.141. The molecule has 0 N–H and O–H groups in total. The molecule has 4 aromatic rings. The number of nitrogens with zero attached hydrogens (tertiary/aromatic N) is 4. The van der Waals surface area contributed by atoms with E-state index in [0.29, 0.717) is 22.5 Å². The quantitative estimate of drug-likeness (QED) is 0.310. The molecule has 0 saturated carbocycles. The van der Waals surface area contributed by atoms with Gasteiger partial charge in [0.25, 0.3) is 0 Å². The van der Waals surface area contributed by atoms with Crippen LogP contribution >= 0.6 is 34.8 Å². The number of halogens is 6. The van der Waals surface area contributed by atoms with E-state index >= 15 is 0 Å². The van der Waals surface area contributed by atoms with E-state index in [1.54, 1.807) is 43.3 Å². The van der Waals surface area contributed by atoms with Crippen LogP contribution in [0.5, 0.6) is 0 Å². The number of hydrogen-bond acceptors (Lipinski definition) is 2. The topological polar surface area (TPSA) is 35.6 Å². The number of alkyl halides is 3. The molecule has 0 spiro atoms. The molecule has 0 unspecified atom stereocenters. The Morgan fingerprint density at radius 1 is 1.00 bits per heavy atom. The molecule has 2 aromatic heterocycles. The van der Waals surface area contributed by atoms with Crippen molar-refractivity contribution < 1.29 is 13.2 Å². The lowest BCUT2D eigenvalue weighted by atomic mass is 10.1. The lowest BCUT2D eigenvalue weighted by Crippen LogP contribution is -2.08. The SMILES string of the molecule is Cc1ccc(-c2c(Cl)c(C(F)(F)F)nn2-c2[c]cc(-n3cc(Cl)c(Cl)n3)c(C)c2)cc1. The van der Waals surface area contributed by atoms with E-state index in [1.165, 1.54) is 10.9 Å². The molecule has 159 valence electrons. The molecule has 10 heteroatoms. The summed E-state index contributed by atoms with van der Waals surface area (Å²) in [7, 11) is 0. The van der Waals surface area contributed by atoms with Crippen molar-refractivity contribution in [1.29, 1.82) is 0 Å². The highest BCUT2D eigenvalue weighted by atomic mass is 35.5. The van der Waals surface area contributed by atoms with Gasteiger partial charge < -0.3 is 0 Å². The van der Waals surface area contributed by atoms with Gasteiger partial charge in [-0.15, -0.1) is 0 Å². The zero-order valence-electron chi connectivity index (χ0n) is 16.1. The monoisotopic (exact) mass is 483 g/mol. The Kier molecular flexibility index (Phi) is 5.54. The van der Waals surface area contributed by atoms with Crippen LogP contribution in [0.4, 0.5) is 13.2 Å². The van der Waals surface area contributed by atoms with Crippen molar-refractivity contribution in [3.05, 3.63) is 80.7 Å². The summed E-state index contributed by atoms with van der Waals surface area (Å²) in [6, 6.07) is 13.2. The van der Waals surface area contributed by atoms with Crippen molar-refractivity contribution in [3.8, 4) is 22.6 Å². The second-order valence-electron chi connectivity index (χ2n) is 6.89. The summed E-state index contributed by atoms with van der Waals surface area (Å²) < 4.78 is 43.2. The van der Waals surface area contributed by atoms with Gasteiger partial charge in [0, 0.05) is 11.6 Å². The van der Waals surface area contributed by atoms with Gasteiger partial charge in [0.1, 0.15) is 0 Å². The molecule has 0 atom stereocenters. The summed E-state index contributed by atoms with van der Waals surface area (Å²) in [6.07, 6.45) is -3.18. The van der Waals surface area contributed by atoms with Crippen molar-refractivity contribution >= 4 is 34.8 Å². The van der Waals surface area contributed by atoms with E-state index in [2.05, 4.69) is 16.3 Å². The first kappa shape index (κ1) is 21.7. The average Bonchev–Trinajstić information content (AvgIpc) is 3.21. The molecule has 0 fully saturated rings. The summed E-state index contributed by atoms with van der Waals surface area (Å²) >= 11 is 18.0. The van der Waals surface area contributed by atoms with Crippen LogP contribution < -0.4 is 0 Å². The van der Waals surface area contributed by atoms with Gasteiger partial charge >= 0.3 is 6.18 Å². The molecule has 0 bridgehead atoms. The largest absolute Gasteiger partial charge is 0.436 e. The molecule has 4 nitrogen and oxygen atoms in total. The maximum absolute atomic E-state index is 13.5. The minimum absolute atomic E-state index is 0.127. The Hall–Kier alpha value is -2.48. The van der Waals surface area contributed by atoms with Crippen molar-refractivity contribution in [2.24, 2.45) is 0 Å². The molecule has 1 radical (unpaired) electrons. The van der Waals surface area contributed by atoms with Gasteiger partial charge in [-0.3, -0.25) is 0 Å². The predicted octanol–water partition coefficient (Wildman–Crippen LogP) is 7.12.